The van der Waals surface area contributed by atoms with Crippen LogP contribution in [0.15, 0.2) is 34.9 Å². The van der Waals surface area contributed by atoms with E-state index in [1.807, 2.05) is 25.1 Å². The van der Waals surface area contributed by atoms with Crippen molar-refractivity contribution in [2.24, 2.45) is 0 Å². The summed E-state index contributed by atoms with van der Waals surface area (Å²) in [5, 5.41) is 3.50. The summed E-state index contributed by atoms with van der Waals surface area (Å²) in [5.74, 6) is 0.519. The van der Waals surface area contributed by atoms with Gasteiger partial charge in [-0.15, -0.1) is 0 Å². The van der Waals surface area contributed by atoms with Crippen LogP contribution in [0, 0.1) is 12.7 Å². The maximum absolute atomic E-state index is 13.3. The van der Waals surface area contributed by atoms with Gasteiger partial charge in [-0.3, -0.25) is 0 Å². The minimum Gasteiger partial charge on any atom is -0.308 e. The van der Waals surface area contributed by atoms with Gasteiger partial charge in [0, 0.05) is 6.20 Å². The lowest BCUT2D eigenvalue weighted by Gasteiger charge is -2.18. The predicted octanol–water partition coefficient (Wildman–Crippen LogP) is 3.97. The number of halogens is 2. The molecule has 112 valence electrons. The van der Waals surface area contributed by atoms with E-state index >= 15 is 0 Å². The number of nitrogens with one attached hydrogen (secondary N) is 1. The molecule has 0 radical (unpaired) electrons. The summed E-state index contributed by atoms with van der Waals surface area (Å²) in [7, 11) is 0. The van der Waals surface area contributed by atoms with Gasteiger partial charge in [-0.1, -0.05) is 13.0 Å². The zero-order valence-corrected chi connectivity index (χ0v) is 13.8. The normalized spacial score (nSPS) is 12.4. The van der Waals surface area contributed by atoms with E-state index in [4.69, 9.17) is 0 Å². The summed E-state index contributed by atoms with van der Waals surface area (Å²) in [6.07, 6.45) is 3.59. The van der Waals surface area contributed by atoms with Crippen molar-refractivity contribution in [1.82, 2.24) is 15.3 Å². The van der Waals surface area contributed by atoms with Crippen LogP contribution >= 0.6 is 15.9 Å². The molecular formula is C16H19BrFN3. The van der Waals surface area contributed by atoms with E-state index in [1.165, 1.54) is 6.07 Å². The van der Waals surface area contributed by atoms with Gasteiger partial charge in [0.15, 0.2) is 0 Å². The van der Waals surface area contributed by atoms with E-state index in [0.717, 1.165) is 36.5 Å². The Morgan fingerprint density at radius 2 is 2.14 bits per heavy atom. The van der Waals surface area contributed by atoms with Crippen molar-refractivity contribution in [2.45, 2.75) is 32.7 Å². The average molecular weight is 352 g/mol. The quantitative estimate of drug-likeness (QED) is 0.855. The van der Waals surface area contributed by atoms with Crippen LogP contribution in [-0.4, -0.2) is 16.5 Å². The number of nitrogens with zero attached hydrogens (tertiary/aromatic N) is 2. The second-order valence-electron chi connectivity index (χ2n) is 4.99. The lowest BCUT2D eigenvalue weighted by Crippen LogP contribution is -2.25. The Labute approximate surface area is 133 Å². The highest BCUT2D eigenvalue weighted by atomic mass is 79.9. The van der Waals surface area contributed by atoms with Crippen LogP contribution in [0.1, 0.15) is 36.5 Å². The zero-order valence-electron chi connectivity index (χ0n) is 12.2. The molecule has 5 heteroatoms. The monoisotopic (exact) mass is 351 g/mol. The Bertz CT molecular complexity index is 604. The molecule has 1 atom stereocenters. The van der Waals surface area contributed by atoms with Crippen LogP contribution in [0.3, 0.4) is 0 Å². The fraction of sp³-hybridized carbons (Fsp3) is 0.375. The molecule has 0 fully saturated rings. The molecule has 1 unspecified atom stereocenters. The largest absolute Gasteiger partial charge is 0.308 e. The Hall–Kier alpha value is -1.33. The fourth-order valence-electron chi connectivity index (χ4n) is 2.17. The molecule has 2 rings (SSSR count). The Kier molecular flexibility index (Phi) is 5.82. The molecule has 2 aromatic rings. The molecule has 0 saturated carbocycles. The fourth-order valence-corrected chi connectivity index (χ4v) is 2.60. The first-order valence-electron chi connectivity index (χ1n) is 7.07. The number of rotatable bonds is 6. The van der Waals surface area contributed by atoms with Gasteiger partial charge in [0.2, 0.25) is 0 Å². The second kappa shape index (κ2) is 7.61. The first-order valence-corrected chi connectivity index (χ1v) is 7.86. The van der Waals surface area contributed by atoms with Gasteiger partial charge < -0.3 is 5.32 Å². The van der Waals surface area contributed by atoms with Crippen molar-refractivity contribution in [3.05, 3.63) is 57.8 Å². The minimum absolute atomic E-state index is 0.101. The van der Waals surface area contributed by atoms with Gasteiger partial charge >= 0.3 is 0 Å². The van der Waals surface area contributed by atoms with E-state index in [9.17, 15) is 4.39 Å². The van der Waals surface area contributed by atoms with Gasteiger partial charge in [-0.05, 0) is 66.0 Å². The van der Waals surface area contributed by atoms with Crippen LogP contribution < -0.4 is 5.32 Å². The van der Waals surface area contributed by atoms with Crippen molar-refractivity contribution in [2.75, 3.05) is 6.54 Å². The summed E-state index contributed by atoms with van der Waals surface area (Å²) in [5.41, 5.74) is 2.03. The van der Waals surface area contributed by atoms with Crippen LogP contribution in [0.5, 0.6) is 0 Å². The summed E-state index contributed by atoms with van der Waals surface area (Å²) in [6, 6.07) is 7.16. The molecule has 0 aliphatic heterocycles. The molecule has 1 aromatic carbocycles. The van der Waals surface area contributed by atoms with Gasteiger partial charge in [-0.2, -0.15) is 0 Å². The lowest BCUT2D eigenvalue weighted by molar-refractivity contribution is 0.515. The molecule has 0 aliphatic rings. The smallest absolute Gasteiger partial charge is 0.137 e. The van der Waals surface area contributed by atoms with Gasteiger partial charge in [-0.25, -0.2) is 14.4 Å². The van der Waals surface area contributed by atoms with Crippen LogP contribution in [0.2, 0.25) is 0 Å². The molecule has 1 N–H and O–H groups in total. The van der Waals surface area contributed by atoms with Crippen molar-refractivity contribution in [1.29, 1.82) is 0 Å². The molecule has 0 amide bonds. The summed E-state index contributed by atoms with van der Waals surface area (Å²) in [4.78, 5) is 8.64. The zero-order chi connectivity index (χ0) is 15.2. The van der Waals surface area contributed by atoms with Crippen molar-refractivity contribution >= 4 is 15.9 Å². The summed E-state index contributed by atoms with van der Waals surface area (Å²) in [6.45, 7) is 4.93. The molecule has 1 aromatic heterocycles. The SMILES string of the molecule is CCCNC(Cc1ccc(F)c(Br)c1)c1ccnc(C)n1. The Morgan fingerprint density at radius 1 is 1.33 bits per heavy atom. The van der Waals surface area contributed by atoms with Gasteiger partial charge in [0.25, 0.3) is 0 Å². The highest BCUT2D eigenvalue weighted by Gasteiger charge is 2.14. The number of hydrogen-bond donors (Lipinski definition) is 1. The van der Waals surface area contributed by atoms with Gasteiger partial charge in [0.05, 0.1) is 16.2 Å². The van der Waals surface area contributed by atoms with E-state index in [1.54, 1.807) is 6.20 Å². The number of aromatic nitrogens is 2. The van der Waals surface area contributed by atoms with E-state index in [0.29, 0.717) is 4.47 Å². The Morgan fingerprint density at radius 3 is 2.81 bits per heavy atom. The number of benzene rings is 1. The standard InChI is InChI=1S/C16H19BrFN3/c1-3-7-20-16(15-6-8-19-11(2)21-15)10-12-4-5-14(18)13(17)9-12/h4-6,8-9,16,20H,3,7,10H2,1-2H3. The van der Waals surface area contributed by atoms with Crippen molar-refractivity contribution < 1.29 is 4.39 Å². The first-order chi connectivity index (χ1) is 10.1. The average Bonchev–Trinajstić information content (AvgIpc) is 2.47. The molecule has 1 heterocycles. The van der Waals surface area contributed by atoms with Crippen LogP contribution in [0.4, 0.5) is 4.39 Å². The Balaban J connectivity index is 2.21. The predicted molar refractivity (Wildman–Crippen MR) is 85.6 cm³/mol. The molecule has 0 spiro atoms. The second-order valence-corrected chi connectivity index (χ2v) is 5.84. The van der Waals surface area contributed by atoms with Gasteiger partial charge in [0.1, 0.15) is 11.6 Å². The maximum Gasteiger partial charge on any atom is 0.137 e. The van der Waals surface area contributed by atoms with Crippen molar-refractivity contribution in [3.63, 3.8) is 0 Å². The summed E-state index contributed by atoms with van der Waals surface area (Å²) >= 11 is 3.24. The summed E-state index contributed by atoms with van der Waals surface area (Å²) < 4.78 is 13.8. The molecular weight excluding hydrogens is 333 g/mol. The molecule has 21 heavy (non-hydrogen) atoms. The third-order valence-electron chi connectivity index (χ3n) is 3.22. The number of hydrogen-bond acceptors (Lipinski definition) is 3. The van der Waals surface area contributed by atoms with E-state index < -0.39 is 0 Å². The van der Waals surface area contributed by atoms with Crippen LogP contribution in [0.25, 0.3) is 0 Å². The molecule has 3 nitrogen and oxygen atoms in total. The molecule has 0 bridgehead atoms. The first kappa shape index (κ1) is 16.0. The third-order valence-corrected chi connectivity index (χ3v) is 3.83. The topological polar surface area (TPSA) is 37.8 Å². The molecule has 0 aliphatic carbocycles. The maximum atomic E-state index is 13.3. The highest BCUT2D eigenvalue weighted by molar-refractivity contribution is 9.10. The van der Waals surface area contributed by atoms with E-state index in [-0.39, 0.29) is 11.9 Å². The number of aryl methyl sites for hydroxylation is 1. The minimum atomic E-state index is -0.241. The van der Waals surface area contributed by atoms with Crippen LogP contribution in [-0.2, 0) is 6.42 Å². The lowest BCUT2D eigenvalue weighted by atomic mass is 10.0. The molecule has 0 saturated heterocycles. The van der Waals surface area contributed by atoms with Crippen molar-refractivity contribution in [3.8, 4) is 0 Å². The third kappa shape index (κ3) is 4.58. The highest BCUT2D eigenvalue weighted by Crippen LogP contribution is 2.21. The van der Waals surface area contributed by atoms with E-state index in [2.05, 4.69) is 38.1 Å².